The molecule has 0 aromatic heterocycles. The summed E-state index contributed by atoms with van der Waals surface area (Å²) in [5, 5.41) is 8.88. The maximum Gasteiger partial charge on any atom is 0.410 e. The molecule has 0 spiro atoms. The van der Waals surface area contributed by atoms with E-state index < -0.39 is 23.2 Å². The van der Waals surface area contributed by atoms with Crippen molar-refractivity contribution in [2.24, 2.45) is 0 Å². The van der Waals surface area contributed by atoms with E-state index in [9.17, 15) is 14.4 Å². The lowest BCUT2D eigenvalue weighted by Gasteiger charge is -2.38. The standard InChI is InChI=1S/C20H27ClN4O4/c1-20(2,3)29-19(28)25-10-15(23-16(21)11-25)12-6-4-5-7-13(12)22-14-8-9-17(26)24-18(14)27/h4-7,14-16,22-23H,8-11H2,1-3H3,(H,24,26,27). The number of piperazine rings is 1. The molecule has 3 unspecified atom stereocenters. The Labute approximate surface area is 175 Å². The minimum absolute atomic E-state index is 0.240. The third-order valence-corrected chi connectivity index (χ3v) is 4.99. The average Bonchev–Trinajstić information content (AvgIpc) is 2.62. The van der Waals surface area contributed by atoms with Gasteiger partial charge in [0.2, 0.25) is 11.8 Å². The lowest BCUT2D eigenvalue weighted by atomic mass is 10.00. The summed E-state index contributed by atoms with van der Waals surface area (Å²) in [6.45, 7) is 6.17. The van der Waals surface area contributed by atoms with Crippen molar-refractivity contribution in [2.75, 3.05) is 18.4 Å². The molecule has 0 saturated carbocycles. The molecule has 2 saturated heterocycles. The van der Waals surface area contributed by atoms with Crippen molar-refractivity contribution in [3.8, 4) is 0 Å². The van der Waals surface area contributed by atoms with Gasteiger partial charge in [-0.3, -0.25) is 20.2 Å². The second-order valence-electron chi connectivity index (χ2n) is 8.31. The van der Waals surface area contributed by atoms with Crippen molar-refractivity contribution in [1.29, 1.82) is 0 Å². The topological polar surface area (TPSA) is 99.8 Å². The van der Waals surface area contributed by atoms with E-state index in [0.717, 1.165) is 11.3 Å². The summed E-state index contributed by atoms with van der Waals surface area (Å²) in [4.78, 5) is 37.6. The molecule has 2 heterocycles. The molecule has 0 aliphatic carbocycles. The van der Waals surface area contributed by atoms with Crippen LogP contribution >= 0.6 is 11.6 Å². The molecular weight excluding hydrogens is 396 g/mol. The number of hydrogen-bond donors (Lipinski definition) is 3. The van der Waals surface area contributed by atoms with Gasteiger partial charge < -0.3 is 15.0 Å². The van der Waals surface area contributed by atoms with Crippen LogP contribution in [-0.4, -0.2) is 53.0 Å². The highest BCUT2D eigenvalue weighted by atomic mass is 35.5. The zero-order valence-corrected chi connectivity index (χ0v) is 17.6. The van der Waals surface area contributed by atoms with E-state index in [0.29, 0.717) is 25.9 Å². The molecule has 3 atom stereocenters. The van der Waals surface area contributed by atoms with Gasteiger partial charge in [0.1, 0.15) is 17.1 Å². The maximum absolute atomic E-state index is 12.5. The number of rotatable bonds is 3. The van der Waals surface area contributed by atoms with Crippen molar-refractivity contribution in [2.45, 2.75) is 56.8 Å². The van der Waals surface area contributed by atoms with Crippen molar-refractivity contribution >= 4 is 35.2 Å². The summed E-state index contributed by atoms with van der Waals surface area (Å²) >= 11 is 6.37. The molecule has 158 valence electrons. The van der Waals surface area contributed by atoms with Crippen LogP contribution in [0.2, 0.25) is 0 Å². The summed E-state index contributed by atoms with van der Waals surface area (Å²) in [6, 6.07) is 6.82. The highest BCUT2D eigenvalue weighted by Gasteiger charge is 2.33. The van der Waals surface area contributed by atoms with E-state index in [1.54, 1.807) is 4.90 Å². The lowest BCUT2D eigenvalue weighted by Crippen LogP contribution is -2.53. The Balaban J connectivity index is 1.76. The van der Waals surface area contributed by atoms with Gasteiger partial charge in [0.05, 0.1) is 12.6 Å². The van der Waals surface area contributed by atoms with E-state index in [2.05, 4.69) is 16.0 Å². The van der Waals surface area contributed by atoms with Gasteiger partial charge in [0.25, 0.3) is 0 Å². The van der Waals surface area contributed by atoms with Crippen molar-refractivity contribution in [3.05, 3.63) is 29.8 Å². The summed E-state index contributed by atoms with van der Waals surface area (Å²) in [7, 11) is 0. The molecule has 1 aromatic carbocycles. The summed E-state index contributed by atoms with van der Waals surface area (Å²) in [5.74, 6) is -0.591. The molecule has 0 radical (unpaired) electrons. The fourth-order valence-electron chi connectivity index (χ4n) is 3.43. The predicted octanol–water partition coefficient (Wildman–Crippen LogP) is 2.35. The molecule has 9 heteroatoms. The van der Waals surface area contributed by atoms with E-state index in [1.807, 2.05) is 45.0 Å². The zero-order chi connectivity index (χ0) is 21.2. The van der Waals surface area contributed by atoms with E-state index in [4.69, 9.17) is 16.3 Å². The quantitative estimate of drug-likeness (QED) is 0.393. The van der Waals surface area contributed by atoms with Gasteiger partial charge in [-0.2, -0.15) is 0 Å². The van der Waals surface area contributed by atoms with Crippen LogP contribution in [0, 0.1) is 0 Å². The Morgan fingerprint density at radius 1 is 1.24 bits per heavy atom. The molecule has 29 heavy (non-hydrogen) atoms. The molecule has 2 fully saturated rings. The monoisotopic (exact) mass is 422 g/mol. The number of hydrogen-bond acceptors (Lipinski definition) is 6. The van der Waals surface area contributed by atoms with Crippen LogP contribution in [0.3, 0.4) is 0 Å². The van der Waals surface area contributed by atoms with Crippen molar-refractivity contribution < 1.29 is 19.1 Å². The fraction of sp³-hybridized carbons (Fsp3) is 0.550. The minimum atomic E-state index is -0.593. The van der Waals surface area contributed by atoms with Gasteiger partial charge >= 0.3 is 6.09 Å². The fourth-order valence-corrected chi connectivity index (χ4v) is 3.75. The number of alkyl halides is 1. The SMILES string of the molecule is CC(C)(C)OC(=O)N1CC(Cl)NC(c2ccccc2NC2CCC(=O)NC2=O)C1. The second-order valence-corrected chi connectivity index (χ2v) is 8.83. The number of amides is 3. The number of halogens is 1. The van der Waals surface area contributed by atoms with Gasteiger partial charge in [-0.15, -0.1) is 11.6 Å². The van der Waals surface area contributed by atoms with Crippen LogP contribution in [0.15, 0.2) is 24.3 Å². The summed E-state index contributed by atoms with van der Waals surface area (Å²) < 4.78 is 5.49. The molecule has 8 nitrogen and oxygen atoms in total. The molecule has 2 aliphatic heterocycles. The smallest absolute Gasteiger partial charge is 0.410 e. The Bertz CT molecular complexity index is 795. The van der Waals surface area contributed by atoms with Crippen LogP contribution in [-0.2, 0) is 14.3 Å². The normalized spacial score (nSPS) is 25.4. The van der Waals surface area contributed by atoms with Crippen LogP contribution in [0.4, 0.5) is 10.5 Å². The summed E-state index contributed by atoms with van der Waals surface area (Å²) in [5.41, 5.74) is 0.611. The Hall–Kier alpha value is -2.32. The van der Waals surface area contributed by atoms with Crippen LogP contribution in [0.5, 0.6) is 0 Å². The van der Waals surface area contributed by atoms with Gasteiger partial charge in [0, 0.05) is 18.7 Å². The number of carbonyl (C=O) groups is 3. The number of imide groups is 1. The number of nitrogens with one attached hydrogen (secondary N) is 3. The van der Waals surface area contributed by atoms with E-state index >= 15 is 0 Å². The van der Waals surface area contributed by atoms with E-state index in [-0.39, 0.29) is 17.9 Å². The Morgan fingerprint density at radius 2 is 1.97 bits per heavy atom. The first kappa shape index (κ1) is 21.4. The number of benzene rings is 1. The molecule has 3 rings (SSSR count). The van der Waals surface area contributed by atoms with Gasteiger partial charge in [-0.05, 0) is 38.8 Å². The third kappa shape index (κ3) is 5.61. The first-order valence-corrected chi connectivity index (χ1v) is 10.1. The van der Waals surface area contributed by atoms with Crippen LogP contribution in [0.1, 0.15) is 45.2 Å². The van der Waals surface area contributed by atoms with Crippen LogP contribution < -0.4 is 16.0 Å². The number of carbonyl (C=O) groups excluding carboxylic acids is 3. The largest absolute Gasteiger partial charge is 0.444 e. The van der Waals surface area contributed by atoms with Gasteiger partial charge in [-0.1, -0.05) is 18.2 Å². The summed E-state index contributed by atoms with van der Waals surface area (Å²) in [6.07, 6.45) is 0.313. The Kier molecular flexibility index (Phi) is 6.33. The Morgan fingerprint density at radius 3 is 2.66 bits per heavy atom. The molecular formula is C20H27ClN4O4. The second kappa shape index (κ2) is 8.59. The third-order valence-electron chi connectivity index (χ3n) is 4.72. The molecule has 3 N–H and O–H groups in total. The lowest BCUT2D eigenvalue weighted by molar-refractivity contribution is -0.133. The highest BCUT2D eigenvalue weighted by Crippen LogP contribution is 2.29. The van der Waals surface area contributed by atoms with Gasteiger partial charge in [-0.25, -0.2) is 4.79 Å². The van der Waals surface area contributed by atoms with Crippen molar-refractivity contribution in [1.82, 2.24) is 15.5 Å². The number of para-hydroxylation sites is 1. The number of anilines is 1. The molecule has 1 aromatic rings. The van der Waals surface area contributed by atoms with E-state index in [1.165, 1.54) is 0 Å². The minimum Gasteiger partial charge on any atom is -0.444 e. The number of piperidine rings is 1. The highest BCUT2D eigenvalue weighted by molar-refractivity contribution is 6.20. The average molecular weight is 423 g/mol. The molecule has 0 bridgehead atoms. The first-order valence-electron chi connectivity index (χ1n) is 9.69. The maximum atomic E-state index is 12.5. The number of ether oxygens (including phenoxy) is 1. The predicted molar refractivity (Wildman–Crippen MR) is 110 cm³/mol. The van der Waals surface area contributed by atoms with Crippen LogP contribution in [0.25, 0.3) is 0 Å². The molecule has 2 aliphatic rings. The zero-order valence-electron chi connectivity index (χ0n) is 16.8. The molecule has 3 amide bonds. The number of nitrogens with zero attached hydrogens (tertiary/aromatic N) is 1. The van der Waals surface area contributed by atoms with Crippen molar-refractivity contribution in [3.63, 3.8) is 0 Å². The van der Waals surface area contributed by atoms with Gasteiger partial charge in [0.15, 0.2) is 0 Å². The first-order chi connectivity index (χ1) is 13.6.